The van der Waals surface area contributed by atoms with Crippen LogP contribution in [0.15, 0.2) is 76.8 Å². The number of amides is 4. The molecular formula is C27H22BrClN2O5. The van der Waals surface area contributed by atoms with Crippen molar-refractivity contribution in [2.75, 3.05) is 11.5 Å². The summed E-state index contributed by atoms with van der Waals surface area (Å²) >= 11 is 9.49. The van der Waals surface area contributed by atoms with E-state index in [9.17, 15) is 14.4 Å². The maximum atomic E-state index is 13.1. The van der Waals surface area contributed by atoms with E-state index in [1.807, 2.05) is 25.1 Å². The molecule has 184 valence electrons. The molecule has 1 saturated heterocycles. The van der Waals surface area contributed by atoms with Crippen LogP contribution in [0.1, 0.15) is 24.5 Å². The van der Waals surface area contributed by atoms with Gasteiger partial charge in [-0.2, -0.15) is 0 Å². The molecule has 0 atom stereocenters. The number of imide groups is 2. The fraction of sp³-hybridized carbons (Fsp3) is 0.148. The maximum absolute atomic E-state index is 13.1. The van der Waals surface area contributed by atoms with E-state index in [0.717, 1.165) is 16.9 Å². The number of hydrogen-bond acceptors (Lipinski definition) is 5. The Kier molecular flexibility index (Phi) is 8.07. The molecule has 0 saturated carbocycles. The lowest BCUT2D eigenvalue weighted by atomic mass is 10.1. The van der Waals surface area contributed by atoms with Crippen molar-refractivity contribution in [2.45, 2.75) is 20.0 Å². The fourth-order valence-electron chi connectivity index (χ4n) is 3.48. The van der Waals surface area contributed by atoms with Crippen molar-refractivity contribution in [3.05, 3.63) is 92.9 Å². The first-order chi connectivity index (χ1) is 17.4. The zero-order valence-corrected chi connectivity index (χ0v) is 21.6. The summed E-state index contributed by atoms with van der Waals surface area (Å²) < 4.78 is 12.0. The smallest absolute Gasteiger partial charge is 0.335 e. The minimum atomic E-state index is -0.810. The Morgan fingerprint density at radius 2 is 1.78 bits per heavy atom. The molecule has 4 rings (SSSR count). The van der Waals surface area contributed by atoms with Crippen LogP contribution in [0.4, 0.5) is 10.5 Å². The Morgan fingerprint density at radius 3 is 2.47 bits per heavy atom. The van der Waals surface area contributed by atoms with E-state index < -0.39 is 17.8 Å². The number of benzene rings is 3. The van der Waals surface area contributed by atoms with E-state index in [2.05, 4.69) is 21.2 Å². The van der Waals surface area contributed by atoms with Crippen LogP contribution in [-0.4, -0.2) is 24.5 Å². The average molecular weight is 570 g/mol. The lowest BCUT2D eigenvalue weighted by molar-refractivity contribution is -0.122. The van der Waals surface area contributed by atoms with Gasteiger partial charge in [0.1, 0.15) is 23.7 Å². The van der Waals surface area contributed by atoms with Gasteiger partial charge in [-0.1, -0.05) is 36.7 Å². The molecular weight excluding hydrogens is 548 g/mol. The summed E-state index contributed by atoms with van der Waals surface area (Å²) in [6.07, 6.45) is 2.29. The van der Waals surface area contributed by atoms with Gasteiger partial charge < -0.3 is 9.47 Å². The van der Waals surface area contributed by atoms with Crippen LogP contribution in [0.25, 0.3) is 6.08 Å². The molecule has 0 unspecified atom stereocenters. The highest BCUT2D eigenvalue weighted by molar-refractivity contribution is 9.10. The highest BCUT2D eigenvalue weighted by atomic mass is 79.9. The lowest BCUT2D eigenvalue weighted by Crippen LogP contribution is -2.54. The molecule has 3 aromatic carbocycles. The largest absolute Gasteiger partial charge is 0.494 e. The molecule has 0 aromatic heterocycles. The number of carbonyl (C=O) groups is 3. The topological polar surface area (TPSA) is 84.9 Å². The third kappa shape index (κ3) is 5.95. The summed E-state index contributed by atoms with van der Waals surface area (Å²) in [5.74, 6) is -0.275. The standard InChI is InChI=1S/C27H22BrClN2O5/c1-2-12-35-21-9-7-20(8-10-21)31-26(33)22(25(32)30-27(31)34)14-17-6-11-24(23(28)15-17)36-16-18-4-3-5-19(29)13-18/h3-11,13-15H,2,12,16H2,1H3,(H,30,32,34)/b22-14-. The van der Waals surface area contributed by atoms with Gasteiger partial charge in [0.15, 0.2) is 0 Å². The Morgan fingerprint density at radius 1 is 1.00 bits per heavy atom. The number of urea groups is 1. The summed E-state index contributed by atoms with van der Waals surface area (Å²) in [6, 6.07) is 18.3. The summed E-state index contributed by atoms with van der Waals surface area (Å²) in [4.78, 5) is 39.0. The van der Waals surface area contributed by atoms with Crippen molar-refractivity contribution in [1.29, 1.82) is 0 Å². The van der Waals surface area contributed by atoms with Gasteiger partial charge in [-0.15, -0.1) is 0 Å². The molecule has 9 heteroatoms. The first-order valence-corrected chi connectivity index (χ1v) is 12.3. The van der Waals surface area contributed by atoms with E-state index in [4.69, 9.17) is 21.1 Å². The Bertz CT molecular complexity index is 1340. The highest BCUT2D eigenvalue weighted by Gasteiger charge is 2.36. The molecule has 0 aliphatic carbocycles. The molecule has 1 N–H and O–H groups in total. The zero-order chi connectivity index (χ0) is 25.7. The molecule has 1 heterocycles. The van der Waals surface area contributed by atoms with Crippen LogP contribution in [-0.2, 0) is 16.2 Å². The van der Waals surface area contributed by atoms with Crippen LogP contribution in [0, 0.1) is 0 Å². The summed E-state index contributed by atoms with van der Waals surface area (Å²) in [5, 5.41) is 2.85. The molecule has 0 radical (unpaired) electrons. The number of ether oxygens (including phenoxy) is 2. The van der Waals surface area contributed by atoms with Crippen molar-refractivity contribution in [1.82, 2.24) is 5.32 Å². The first kappa shape index (κ1) is 25.5. The van der Waals surface area contributed by atoms with Crippen LogP contribution in [0.2, 0.25) is 5.02 Å². The van der Waals surface area contributed by atoms with Crippen molar-refractivity contribution >= 4 is 57.1 Å². The monoisotopic (exact) mass is 568 g/mol. The quantitative estimate of drug-likeness (QED) is 0.260. The van der Waals surface area contributed by atoms with Gasteiger partial charge >= 0.3 is 6.03 Å². The highest BCUT2D eigenvalue weighted by Crippen LogP contribution is 2.29. The number of nitrogens with zero attached hydrogens (tertiary/aromatic N) is 1. The second-order valence-electron chi connectivity index (χ2n) is 7.91. The Labute approximate surface area is 221 Å². The van der Waals surface area contributed by atoms with E-state index >= 15 is 0 Å². The SMILES string of the molecule is CCCOc1ccc(N2C(=O)NC(=O)/C(=C/c3ccc(OCc4cccc(Cl)c4)c(Br)c3)C2=O)cc1. The predicted octanol–water partition coefficient (Wildman–Crippen LogP) is 6.14. The van der Waals surface area contributed by atoms with Crippen LogP contribution in [0.5, 0.6) is 11.5 Å². The number of halogens is 2. The van der Waals surface area contributed by atoms with Crippen molar-refractivity contribution in [3.63, 3.8) is 0 Å². The van der Waals surface area contributed by atoms with Crippen LogP contribution >= 0.6 is 27.5 Å². The van der Waals surface area contributed by atoms with Crippen molar-refractivity contribution in [3.8, 4) is 11.5 Å². The number of nitrogens with one attached hydrogen (secondary N) is 1. The van der Waals surface area contributed by atoms with Crippen LogP contribution < -0.4 is 19.7 Å². The molecule has 3 aromatic rings. The molecule has 4 amide bonds. The molecule has 1 aliphatic rings. The van der Waals surface area contributed by atoms with Crippen LogP contribution in [0.3, 0.4) is 0 Å². The van der Waals surface area contributed by atoms with Gasteiger partial charge in [-0.05, 0) is 88.1 Å². The number of hydrogen-bond donors (Lipinski definition) is 1. The molecule has 1 fully saturated rings. The van der Waals surface area contributed by atoms with E-state index in [1.165, 1.54) is 6.08 Å². The molecule has 1 aliphatic heterocycles. The van der Waals surface area contributed by atoms with Gasteiger partial charge in [0, 0.05) is 5.02 Å². The third-order valence-electron chi connectivity index (χ3n) is 5.22. The van der Waals surface area contributed by atoms with Gasteiger partial charge in [-0.3, -0.25) is 14.9 Å². The molecule has 0 spiro atoms. The van der Waals surface area contributed by atoms with E-state index in [1.54, 1.807) is 48.5 Å². The van der Waals surface area contributed by atoms with Crippen molar-refractivity contribution in [2.24, 2.45) is 0 Å². The lowest BCUT2D eigenvalue weighted by Gasteiger charge is -2.26. The number of barbiturate groups is 1. The average Bonchev–Trinajstić information content (AvgIpc) is 2.85. The normalized spacial score (nSPS) is 14.7. The summed E-state index contributed by atoms with van der Waals surface area (Å²) in [5.41, 5.74) is 1.65. The minimum Gasteiger partial charge on any atom is -0.494 e. The number of rotatable bonds is 8. The summed E-state index contributed by atoms with van der Waals surface area (Å²) in [6.45, 7) is 2.87. The minimum absolute atomic E-state index is 0.166. The number of anilines is 1. The fourth-order valence-corrected chi connectivity index (χ4v) is 4.21. The Balaban J connectivity index is 1.52. The molecule has 7 nitrogen and oxygen atoms in total. The predicted molar refractivity (Wildman–Crippen MR) is 141 cm³/mol. The second kappa shape index (κ2) is 11.4. The summed E-state index contributed by atoms with van der Waals surface area (Å²) in [7, 11) is 0. The van der Waals surface area contributed by atoms with Gasteiger partial charge in [0.05, 0.1) is 16.8 Å². The van der Waals surface area contributed by atoms with Gasteiger partial charge in [0.2, 0.25) is 0 Å². The maximum Gasteiger partial charge on any atom is 0.335 e. The van der Waals surface area contributed by atoms with Crippen molar-refractivity contribution < 1.29 is 23.9 Å². The van der Waals surface area contributed by atoms with E-state index in [-0.39, 0.29) is 5.57 Å². The zero-order valence-electron chi connectivity index (χ0n) is 19.3. The number of carbonyl (C=O) groups excluding carboxylic acids is 3. The molecule has 36 heavy (non-hydrogen) atoms. The van der Waals surface area contributed by atoms with E-state index in [0.29, 0.717) is 45.5 Å². The second-order valence-corrected chi connectivity index (χ2v) is 9.20. The first-order valence-electron chi connectivity index (χ1n) is 11.2. The molecule has 0 bridgehead atoms. The third-order valence-corrected chi connectivity index (χ3v) is 6.07. The Hall–Kier alpha value is -3.62. The van der Waals surface area contributed by atoms with Gasteiger partial charge in [0.25, 0.3) is 11.8 Å². The van der Waals surface area contributed by atoms with Gasteiger partial charge in [-0.25, -0.2) is 9.69 Å².